The second-order valence-electron chi connectivity index (χ2n) is 7.00. The molecule has 0 fully saturated rings. The Bertz CT molecular complexity index is 1110. The van der Waals surface area contributed by atoms with E-state index in [1.807, 2.05) is 17.5 Å². The molecular weight excluding hydrogens is 454 g/mol. The number of halogens is 2. The number of alkyl halides is 2. The van der Waals surface area contributed by atoms with E-state index in [0.717, 1.165) is 10.6 Å². The van der Waals surface area contributed by atoms with Crippen molar-refractivity contribution >= 4 is 17.2 Å². The van der Waals surface area contributed by atoms with Crippen LogP contribution in [0, 0.1) is 0 Å². The number of carbonyl (C=O) groups excluding carboxylic acids is 1. The second kappa shape index (κ2) is 11.0. The fraction of sp³-hybridized carbons (Fsp3) is 0.304. The van der Waals surface area contributed by atoms with E-state index in [9.17, 15) is 13.6 Å². The van der Waals surface area contributed by atoms with Crippen LogP contribution >= 0.6 is 11.3 Å². The number of nitrogens with zero attached hydrogens (tertiary/aromatic N) is 2. The summed E-state index contributed by atoms with van der Waals surface area (Å²) in [5.41, 5.74) is 2.12. The number of amides is 1. The summed E-state index contributed by atoms with van der Waals surface area (Å²) in [6, 6.07) is 10.2. The molecule has 0 saturated carbocycles. The first-order valence-corrected chi connectivity index (χ1v) is 10.7. The number of hydrogen-bond acceptors (Lipinski definition) is 7. The molecule has 0 aliphatic carbocycles. The van der Waals surface area contributed by atoms with Crippen molar-refractivity contribution in [2.45, 2.75) is 19.6 Å². The van der Waals surface area contributed by atoms with Gasteiger partial charge in [-0.25, -0.2) is 4.98 Å². The van der Waals surface area contributed by atoms with Crippen LogP contribution in [0.1, 0.15) is 11.3 Å². The average Bonchev–Trinajstić information content (AvgIpc) is 3.26. The highest BCUT2D eigenvalue weighted by Gasteiger charge is 2.16. The smallest absolute Gasteiger partial charge is 0.387 e. The molecular formula is C23H24F2N2O5S. The highest BCUT2D eigenvalue weighted by molar-refractivity contribution is 7.13. The van der Waals surface area contributed by atoms with Gasteiger partial charge in [-0.05, 0) is 35.9 Å². The SMILES string of the molecule is COc1ccc(-c2nc(CC(=O)N(C)Cc3ccc(OC)c(OC(F)F)c3)cs2)cc1OC. The standard InChI is InChI=1S/C23H24F2N2O5S/c1-27(12-14-5-7-18(30-3)20(9-14)32-23(24)25)21(28)11-16-13-33-22(26-16)15-6-8-17(29-2)19(10-15)31-4/h5-10,13,23H,11-12H2,1-4H3. The molecule has 0 saturated heterocycles. The minimum atomic E-state index is -2.97. The van der Waals surface area contributed by atoms with Gasteiger partial charge in [0.1, 0.15) is 5.01 Å². The van der Waals surface area contributed by atoms with Gasteiger partial charge in [0.25, 0.3) is 0 Å². The molecule has 0 spiro atoms. The molecule has 0 radical (unpaired) electrons. The Morgan fingerprint density at radius 2 is 1.67 bits per heavy atom. The van der Waals surface area contributed by atoms with Crippen LogP contribution in [0.3, 0.4) is 0 Å². The van der Waals surface area contributed by atoms with Gasteiger partial charge in [-0.2, -0.15) is 8.78 Å². The van der Waals surface area contributed by atoms with Crippen LogP contribution in [0.15, 0.2) is 41.8 Å². The van der Waals surface area contributed by atoms with Crippen LogP contribution in [0.4, 0.5) is 8.78 Å². The molecule has 10 heteroatoms. The fourth-order valence-corrected chi connectivity index (χ4v) is 3.97. The third kappa shape index (κ3) is 6.10. The van der Waals surface area contributed by atoms with Crippen molar-refractivity contribution in [3.8, 4) is 33.6 Å². The Balaban J connectivity index is 1.67. The highest BCUT2D eigenvalue weighted by Crippen LogP contribution is 2.34. The predicted octanol–water partition coefficient (Wildman–Crippen LogP) is 4.64. The first kappa shape index (κ1) is 24.2. The largest absolute Gasteiger partial charge is 0.493 e. The summed E-state index contributed by atoms with van der Waals surface area (Å²) < 4.78 is 45.4. The quantitative estimate of drug-likeness (QED) is 0.423. The predicted molar refractivity (Wildman–Crippen MR) is 120 cm³/mol. The van der Waals surface area contributed by atoms with E-state index < -0.39 is 6.61 Å². The Labute approximate surface area is 194 Å². The van der Waals surface area contributed by atoms with Gasteiger partial charge in [0, 0.05) is 24.5 Å². The maximum Gasteiger partial charge on any atom is 0.387 e. The minimum Gasteiger partial charge on any atom is -0.493 e. The van der Waals surface area contributed by atoms with E-state index in [1.54, 1.807) is 33.4 Å². The van der Waals surface area contributed by atoms with E-state index in [4.69, 9.17) is 14.2 Å². The molecule has 2 aromatic carbocycles. The number of likely N-dealkylation sites (N-methyl/N-ethyl adjacent to an activating group) is 1. The molecule has 3 aromatic rings. The molecule has 0 aliphatic heterocycles. The molecule has 0 aliphatic rings. The summed E-state index contributed by atoms with van der Waals surface area (Å²) in [5.74, 6) is 1.17. The van der Waals surface area contributed by atoms with Gasteiger partial charge in [-0.15, -0.1) is 11.3 Å². The van der Waals surface area contributed by atoms with Gasteiger partial charge < -0.3 is 23.8 Å². The van der Waals surface area contributed by atoms with Crippen LogP contribution in [0.25, 0.3) is 10.6 Å². The molecule has 0 bridgehead atoms. The number of carbonyl (C=O) groups is 1. The maximum atomic E-state index is 12.7. The summed E-state index contributed by atoms with van der Waals surface area (Å²) in [6.45, 7) is -2.76. The van der Waals surface area contributed by atoms with Crippen molar-refractivity contribution in [1.29, 1.82) is 0 Å². The van der Waals surface area contributed by atoms with Gasteiger partial charge in [0.05, 0.1) is 33.4 Å². The Kier molecular flexibility index (Phi) is 8.05. The van der Waals surface area contributed by atoms with Crippen LogP contribution in [0.5, 0.6) is 23.0 Å². The topological polar surface area (TPSA) is 70.1 Å². The van der Waals surface area contributed by atoms with Crippen molar-refractivity contribution in [2.24, 2.45) is 0 Å². The molecule has 176 valence electrons. The third-order valence-electron chi connectivity index (χ3n) is 4.80. The van der Waals surface area contributed by atoms with Crippen molar-refractivity contribution in [1.82, 2.24) is 9.88 Å². The molecule has 3 rings (SSSR count). The van der Waals surface area contributed by atoms with Crippen molar-refractivity contribution in [3.63, 3.8) is 0 Å². The number of thiazole rings is 1. The fourth-order valence-electron chi connectivity index (χ4n) is 3.15. The van der Waals surface area contributed by atoms with E-state index >= 15 is 0 Å². The summed E-state index contributed by atoms with van der Waals surface area (Å²) in [5, 5.41) is 2.59. The molecule has 33 heavy (non-hydrogen) atoms. The number of hydrogen-bond donors (Lipinski definition) is 0. The van der Waals surface area contributed by atoms with Gasteiger partial charge in [-0.3, -0.25) is 4.79 Å². The average molecular weight is 479 g/mol. The normalized spacial score (nSPS) is 10.8. The van der Waals surface area contributed by atoms with Crippen molar-refractivity contribution in [3.05, 3.63) is 53.0 Å². The molecule has 0 atom stereocenters. The first-order valence-electron chi connectivity index (χ1n) is 9.87. The van der Waals surface area contributed by atoms with Crippen LogP contribution in [-0.2, 0) is 17.8 Å². The zero-order valence-corrected chi connectivity index (χ0v) is 19.4. The minimum absolute atomic E-state index is 0.0788. The first-order chi connectivity index (χ1) is 15.8. The van der Waals surface area contributed by atoms with Crippen LogP contribution < -0.4 is 18.9 Å². The van der Waals surface area contributed by atoms with E-state index in [0.29, 0.717) is 22.8 Å². The second-order valence-corrected chi connectivity index (χ2v) is 7.86. The molecule has 1 aromatic heterocycles. The van der Waals surface area contributed by atoms with Gasteiger partial charge in [-0.1, -0.05) is 6.07 Å². The Hall–Kier alpha value is -3.40. The lowest BCUT2D eigenvalue weighted by Crippen LogP contribution is -2.27. The monoisotopic (exact) mass is 478 g/mol. The third-order valence-corrected chi connectivity index (χ3v) is 5.74. The molecule has 7 nitrogen and oxygen atoms in total. The Morgan fingerprint density at radius 3 is 2.33 bits per heavy atom. The number of ether oxygens (including phenoxy) is 4. The lowest BCUT2D eigenvalue weighted by molar-refractivity contribution is -0.129. The number of methoxy groups -OCH3 is 3. The van der Waals surface area contributed by atoms with E-state index in [1.165, 1.54) is 35.5 Å². The van der Waals surface area contributed by atoms with Crippen molar-refractivity contribution in [2.75, 3.05) is 28.4 Å². The summed E-state index contributed by atoms with van der Waals surface area (Å²) in [7, 11) is 6.14. The molecule has 0 N–H and O–H groups in total. The molecule has 1 heterocycles. The maximum absolute atomic E-state index is 12.7. The summed E-state index contributed by atoms with van der Waals surface area (Å²) in [6.07, 6.45) is 0.108. The number of benzene rings is 2. The van der Waals surface area contributed by atoms with Crippen LogP contribution in [0.2, 0.25) is 0 Å². The zero-order chi connectivity index (χ0) is 24.0. The van der Waals surface area contributed by atoms with E-state index in [2.05, 4.69) is 9.72 Å². The molecule has 0 unspecified atom stereocenters. The number of rotatable bonds is 10. The zero-order valence-electron chi connectivity index (χ0n) is 18.6. The summed E-state index contributed by atoms with van der Waals surface area (Å²) in [4.78, 5) is 18.8. The van der Waals surface area contributed by atoms with Gasteiger partial charge in [0.2, 0.25) is 5.91 Å². The lowest BCUT2D eigenvalue weighted by Gasteiger charge is -2.18. The summed E-state index contributed by atoms with van der Waals surface area (Å²) >= 11 is 1.43. The number of aromatic nitrogens is 1. The Morgan fingerprint density at radius 1 is 1.00 bits per heavy atom. The van der Waals surface area contributed by atoms with Crippen LogP contribution in [-0.4, -0.2) is 50.8 Å². The molecule has 1 amide bonds. The van der Waals surface area contributed by atoms with Gasteiger partial charge >= 0.3 is 6.61 Å². The van der Waals surface area contributed by atoms with Crippen molar-refractivity contribution < 1.29 is 32.5 Å². The highest BCUT2D eigenvalue weighted by atomic mass is 32.1. The lowest BCUT2D eigenvalue weighted by atomic mass is 10.2. The van der Waals surface area contributed by atoms with Gasteiger partial charge in [0.15, 0.2) is 23.0 Å². The van der Waals surface area contributed by atoms with E-state index in [-0.39, 0.29) is 30.4 Å².